The Morgan fingerprint density at radius 3 is 2.66 bits per heavy atom. The zero-order valence-corrected chi connectivity index (χ0v) is 18.5. The van der Waals surface area contributed by atoms with Gasteiger partial charge in [-0.1, -0.05) is 36.4 Å². The average molecular weight is 449 g/mol. The number of nitrogens with zero attached hydrogens (tertiary/aromatic N) is 3. The number of carbonyl (C=O) groups is 2. The number of primary amides is 1. The largest absolute Gasteiger partial charge is 0.380 e. The first-order valence-electron chi connectivity index (χ1n) is 10.4. The highest BCUT2D eigenvalue weighted by Gasteiger charge is 2.33. The number of fused-ring (bicyclic) bond motifs is 1. The highest BCUT2D eigenvalue weighted by molar-refractivity contribution is 8.18. The van der Waals surface area contributed by atoms with Crippen molar-refractivity contribution in [1.29, 1.82) is 0 Å². The minimum atomic E-state index is -0.421. The number of rotatable bonds is 8. The van der Waals surface area contributed by atoms with Crippen molar-refractivity contribution in [1.82, 2.24) is 9.47 Å². The molecule has 2 amide bonds. The number of hydrogen-bond acceptors (Lipinski definition) is 5. The Hall–Kier alpha value is -3.36. The van der Waals surface area contributed by atoms with Crippen molar-refractivity contribution >= 4 is 51.4 Å². The molecular weight excluding hydrogens is 424 g/mol. The number of nitrogens with two attached hydrogens (primary N) is 1. The van der Waals surface area contributed by atoms with E-state index in [0.717, 1.165) is 22.2 Å². The molecule has 3 aromatic rings. The third-order valence-electron chi connectivity index (χ3n) is 4.96. The van der Waals surface area contributed by atoms with E-state index in [1.165, 1.54) is 11.8 Å². The Kier molecular flexibility index (Phi) is 6.72. The summed E-state index contributed by atoms with van der Waals surface area (Å²) in [7, 11) is 0. The Morgan fingerprint density at radius 2 is 1.91 bits per heavy atom. The van der Waals surface area contributed by atoms with Gasteiger partial charge in [0.25, 0.3) is 5.91 Å². The van der Waals surface area contributed by atoms with E-state index in [0.29, 0.717) is 29.8 Å². The second-order valence-electron chi connectivity index (χ2n) is 7.19. The average Bonchev–Trinajstić information content (AvgIpc) is 3.27. The van der Waals surface area contributed by atoms with Crippen molar-refractivity contribution in [3.63, 3.8) is 0 Å². The molecule has 2 heterocycles. The summed E-state index contributed by atoms with van der Waals surface area (Å²) in [4.78, 5) is 31.7. The van der Waals surface area contributed by atoms with Crippen LogP contribution < -0.4 is 5.73 Å². The number of aromatic nitrogens is 1. The number of hydrogen-bond donors (Lipinski definition) is 1. The van der Waals surface area contributed by atoms with E-state index in [4.69, 9.17) is 10.5 Å². The molecule has 2 aromatic carbocycles. The Labute approximate surface area is 190 Å². The molecule has 0 saturated carbocycles. The van der Waals surface area contributed by atoms with Crippen LogP contribution in [0, 0.1) is 0 Å². The molecule has 32 heavy (non-hydrogen) atoms. The topological polar surface area (TPSA) is 89.9 Å². The SMILES string of the molecule is CCOCCN1C(=O)/C(=C/c2cn(CC(N)=O)c3ccccc23)SC1=Nc1ccccc1. The smallest absolute Gasteiger partial charge is 0.266 e. The number of carbonyl (C=O) groups excluding carboxylic acids is 2. The fraction of sp³-hybridized carbons (Fsp3) is 0.208. The van der Waals surface area contributed by atoms with E-state index in [1.807, 2.05) is 73.8 Å². The predicted molar refractivity (Wildman–Crippen MR) is 128 cm³/mol. The highest BCUT2D eigenvalue weighted by Crippen LogP contribution is 2.35. The van der Waals surface area contributed by atoms with Crippen LogP contribution in [0.3, 0.4) is 0 Å². The molecule has 0 aliphatic carbocycles. The van der Waals surface area contributed by atoms with E-state index >= 15 is 0 Å². The Morgan fingerprint density at radius 1 is 1.16 bits per heavy atom. The standard InChI is InChI=1S/C24H24N4O3S/c1-2-31-13-12-28-23(30)21(32-24(28)26-18-8-4-3-5-9-18)14-17-15-27(16-22(25)29)20-11-7-6-10-19(17)20/h3-11,14-15H,2,12-13,16H2,1H3,(H2,25,29)/b21-14-,26-24?. The summed E-state index contributed by atoms with van der Waals surface area (Å²) in [6.45, 7) is 3.44. The van der Waals surface area contributed by atoms with Crippen LogP contribution in [-0.2, 0) is 20.9 Å². The molecule has 0 atom stereocenters. The monoisotopic (exact) mass is 448 g/mol. The highest BCUT2D eigenvalue weighted by atomic mass is 32.2. The molecule has 0 bridgehead atoms. The summed E-state index contributed by atoms with van der Waals surface area (Å²) < 4.78 is 7.27. The van der Waals surface area contributed by atoms with Crippen LogP contribution in [0.2, 0.25) is 0 Å². The van der Waals surface area contributed by atoms with Gasteiger partial charge in [-0.3, -0.25) is 14.5 Å². The maximum atomic E-state index is 13.2. The van der Waals surface area contributed by atoms with Crippen molar-refractivity contribution in [3.05, 3.63) is 71.3 Å². The lowest BCUT2D eigenvalue weighted by atomic mass is 10.1. The van der Waals surface area contributed by atoms with Crippen LogP contribution in [0.5, 0.6) is 0 Å². The lowest BCUT2D eigenvalue weighted by Crippen LogP contribution is -2.32. The summed E-state index contributed by atoms with van der Waals surface area (Å²) in [5, 5.41) is 1.57. The molecular formula is C24H24N4O3S. The Balaban J connectivity index is 1.71. The van der Waals surface area contributed by atoms with Gasteiger partial charge < -0.3 is 15.0 Å². The van der Waals surface area contributed by atoms with Gasteiger partial charge in [-0.25, -0.2) is 4.99 Å². The summed E-state index contributed by atoms with van der Waals surface area (Å²) in [6, 6.07) is 17.3. The van der Waals surface area contributed by atoms with E-state index in [1.54, 1.807) is 9.47 Å². The summed E-state index contributed by atoms with van der Waals surface area (Å²) in [6.07, 6.45) is 3.71. The van der Waals surface area contributed by atoms with Gasteiger partial charge in [0, 0.05) is 29.3 Å². The van der Waals surface area contributed by atoms with Gasteiger partial charge in [-0.05, 0) is 43.0 Å². The van der Waals surface area contributed by atoms with Crippen LogP contribution in [0.1, 0.15) is 12.5 Å². The van der Waals surface area contributed by atoms with Gasteiger partial charge in [-0.2, -0.15) is 0 Å². The van der Waals surface area contributed by atoms with E-state index in [2.05, 4.69) is 4.99 Å². The van der Waals surface area contributed by atoms with Gasteiger partial charge in [0.05, 0.1) is 23.7 Å². The summed E-state index contributed by atoms with van der Waals surface area (Å²) in [5.74, 6) is -0.535. The van der Waals surface area contributed by atoms with Gasteiger partial charge in [0.1, 0.15) is 6.54 Å². The van der Waals surface area contributed by atoms with Gasteiger partial charge in [-0.15, -0.1) is 0 Å². The van der Waals surface area contributed by atoms with Crippen molar-refractivity contribution < 1.29 is 14.3 Å². The lowest BCUT2D eigenvalue weighted by Gasteiger charge is -2.15. The second kappa shape index (κ2) is 9.84. The predicted octanol–water partition coefficient (Wildman–Crippen LogP) is 3.77. The molecule has 0 radical (unpaired) electrons. The third-order valence-corrected chi connectivity index (χ3v) is 5.97. The molecule has 164 valence electrons. The second-order valence-corrected chi connectivity index (χ2v) is 8.20. The maximum Gasteiger partial charge on any atom is 0.266 e. The molecule has 8 heteroatoms. The van der Waals surface area contributed by atoms with Crippen molar-refractivity contribution in [2.75, 3.05) is 19.8 Å². The van der Waals surface area contributed by atoms with Crippen molar-refractivity contribution in [2.45, 2.75) is 13.5 Å². The fourth-order valence-electron chi connectivity index (χ4n) is 3.53. The van der Waals surface area contributed by atoms with Crippen LogP contribution in [0.4, 0.5) is 5.69 Å². The van der Waals surface area contributed by atoms with Gasteiger partial charge in [0.15, 0.2) is 5.17 Å². The number of amidine groups is 1. The number of aliphatic imine (C=N–C) groups is 1. The normalized spacial score (nSPS) is 16.5. The van der Waals surface area contributed by atoms with Crippen molar-refractivity contribution in [2.24, 2.45) is 10.7 Å². The number of para-hydroxylation sites is 2. The molecule has 0 unspecified atom stereocenters. The van der Waals surface area contributed by atoms with Gasteiger partial charge >= 0.3 is 0 Å². The molecule has 0 spiro atoms. The quantitative estimate of drug-likeness (QED) is 0.420. The van der Waals surface area contributed by atoms with Crippen LogP contribution in [0.25, 0.3) is 17.0 Å². The molecule has 1 fully saturated rings. The minimum Gasteiger partial charge on any atom is -0.380 e. The minimum absolute atomic E-state index is 0.0754. The molecule has 1 aliphatic heterocycles. The molecule has 2 N–H and O–H groups in total. The first-order valence-corrected chi connectivity index (χ1v) is 11.2. The molecule has 1 saturated heterocycles. The summed E-state index contributed by atoms with van der Waals surface area (Å²) >= 11 is 1.34. The number of thioether (sulfide) groups is 1. The Bertz CT molecular complexity index is 1200. The fourth-order valence-corrected chi connectivity index (χ4v) is 4.55. The summed E-state index contributed by atoms with van der Waals surface area (Å²) in [5.41, 5.74) is 7.93. The van der Waals surface area contributed by atoms with Crippen LogP contribution in [-0.4, -0.2) is 46.2 Å². The first kappa shape index (κ1) is 21.9. The number of ether oxygens (including phenoxy) is 1. The van der Waals surface area contributed by atoms with Crippen LogP contribution in [0.15, 0.2) is 70.7 Å². The lowest BCUT2D eigenvalue weighted by molar-refractivity contribution is -0.122. The number of benzene rings is 2. The third kappa shape index (κ3) is 4.76. The molecule has 1 aliphatic rings. The zero-order chi connectivity index (χ0) is 22.5. The van der Waals surface area contributed by atoms with Gasteiger partial charge in [0.2, 0.25) is 5.91 Å². The molecule has 1 aromatic heterocycles. The van der Waals surface area contributed by atoms with E-state index in [-0.39, 0.29) is 12.5 Å². The maximum absolute atomic E-state index is 13.2. The van der Waals surface area contributed by atoms with E-state index in [9.17, 15) is 9.59 Å². The van der Waals surface area contributed by atoms with E-state index < -0.39 is 5.91 Å². The molecule has 4 rings (SSSR count). The first-order chi connectivity index (χ1) is 15.6. The zero-order valence-electron chi connectivity index (χ0n) is 17.7. The van der Waals surface area contributed by atoms with Crippen LogP contribution >= 0.6 is 11.8 Å². The number of amides is 2. The molecule has 7 nitrogen and oxygen atoms in total. The van der Waals surface area contributed by atoms with Crippen molar-refractivity contribution in [3.8, 4) is 0 Å².